The van der Waals surface area contributed by atoms with E-state index in [0.717, 1.165) is 6.54 Å². The van der Waals surface area contributed by atoms with Crippen LogP contribution in [0.5, 0.6) is 0 Å². The predicted molar refractivity (Wildman–Crippen MR) is 84.3 cm³/mol. The van der Waals surface area contributed by atoms with Crippen molar-refractivity contribution < 1.29 is 4.57 Å². The van der Waals surface area contributed by atoms with Gasteiger partial charge in [-0.25, -0.2) is 9.13 Å². The zero-order valence-corrected chi connectivity index (χ0v) is 13.0. The summed E-state index contributed by atoms with van der Waals surface area (Å²) in [5.74, 6) is 1.03. The van der Waals surface area contributed by atoms with Gasteiger partial charge in [0.05, 0.1) is 0 Å². The molecule has 0 unspecified atom stereocenters. The van der Waals surface area contributed by atoms with E-state index in [0.29, 0.717) is 11.8 Å². The monoisotopic (exact) mass is 269 g/mol. The van der Waals surface area contributed by atoms with Gasteiger partial charge in [-0.1, -0.05) is 58.5 Å². The van der Waals surface area contributed by atoms with Gasteiger partial charge in [-0.15, -0.1) is 0 Å². The number of allylic oxidation sites excluding steroid dienone is 1. The second kappa shape index (κ2) is 6.08. The molecule has 0 aliphatic carbocycles. The minimum absolute atomic E-state index is 0.513. The number of para-hydroxylation sites is 1. The first kappa shape index (κ1) is 14.6. The highest BCUT2D eigenvalue weighted by molar-refractivity contribution is 5.50. The fraction of sp³-hybridized carbons (Fsp3) is 0.389. The summed E-state index contributed by atoms with van der Waals surface area (Å²) in [5.41, 5.74) is 4.13. The Labute approximate surface area is 122 Å². The van der Waals surface area contributed by atoms with Crippen LogP contribution >= 0.6 is 0 Å². The zero-order chi connectivity index (χ0) is 14.7. The zero-order valence-electron chi connectivity index (χ0n) is 13.0. The molecule has 0 bridgehead atoms. The van der Waals surface area contributed by atoms with Crippen LogP contribution in [-0.4, -0.2) is 4.57 Å². The molecule has 0 atom stereocenters. The molecule has 0 aliphatic rings. The second-order valence-electron chi connectivity index (χ2n) is 5.90. The Balaban J connectivity index is 2.59. The summed E-state index contributed by atoms with van der Waals surface area (Å²) in [6.07, 6.45) is 8.30. The molecule has 1 heterocycles. The van der Waals surface area contributed by atoms with Crippen LogP contribution in [0.2, 0.25) is 0 Å². The summed E-state index contributed by atoms with van der Waals surface area (Å²) in [6.45, 7) is 13.7. The van der Waals surface area contributed by atoms with Crippen LogP contribution in [0, 0.1) is 0 Å². The first-order chi connectivity index (χ1) is 9.54. The predicted octanol–water partition coefficient (Wildman–Crippen LogP) is 4.20. The van der Waals surface area contributed by atoms with Crippen LogP contribution in [0.3, 0.4) is 0 Å². The fourth-order valence-corrected chi connectivity index (χ4v) is 2.59. The van der Waals surface area contributed by atoms with Crippen molar-refractivity contribution in [1.29, 1.82) is 0 Å². The van der Waals surface area contributed by atoms with Gasteiger partial charge in [-0.2, -0.15) is 0 Å². The standard InChI is InChI=1S/C18H25N2/c1-6-10-19-11-12-20(13-19)18-16(14(2)3)8-7-9-17(18)15(4)5/h6-9,11-15H,1,10H2,2-5H3/q+1. The molecule has 0 N–H and O–H groups in total. The lowest BCUT2D eigenvalue weighted by atomic mass is 9.92. The molecule has 0 radical (unpaired) electrons. The maximum atomic E-state index is 3.80. The SMILES string of the molecule is C=CC[n+]1ccn(-c2c(C(C)C)cccc2C(C)C)c1. The maximum absolute atomic E-state index is 3.80. The minimum atomic E-state index is 0.513. The van der Waals surface area contributed by atoms with Gasteiger partial charge in [0.15, 0.2) is 0 Å². The van der Waals surface area contributed by atoms with Gasteiger partial charge in [0.25, 0.3) is 0 Å². The number of hydrogen-bond acceptors (Lipinski definition) is 0. The Bertz CT molecular complexity index is 565. The molecule has 0 aliphatic heterocycles. The Kier molecular flexibility index (Phi) is 4.43. The highest BCUT2D eigenvalue weighted by Gasteiger charge is 2.19. The number of nitrogens with zero attached hydrogens (tertiary/aromatic N) is 2. The van der Waals surface area contributed by atoms with E-state index in [-0.39, 0.29) is 0 Å². The van der Waals surface area contributed by atoms with Crippen molar-refractivity contribution in [2.24, 2.45) is 0 Å². The lowest BCUT2D eigenvalue weighted by molar-refractivity contribution is -0.686. The molecule has 2 aromatic rings. The van der Waals surface area contributed by atoms with Gasteiger partial charge in [0.1, 0.15) is 24.6 Å². The van der Waals surface area contributed by atoms with Crippen LogP contribution in [0.25, 0.3) is 5.69 Å². The van der Waals surface area contributed by atoms with Crippen LogP contribution < -0.4 is 4.57 Å². The van der Waals surface area contributed by atoms with Crippen molar-refractivity contribution in [3.8, 4) is 5.69 Å². The molecular formula is C18H25N2+. The third-order valence-electron chi connectivity index (χ3n) is 3.63. The van der Waals surface area contributed by atoms with E-state index in [4.69, 9.17) is 0 Å². The lowest BCUT2D eigenvalue weighted by Crippen LogP contribution is -2.29. The summed E-state index contributed by atoms with van der Waals surface area (Å²) >= 11 is 0. The smallest absolute Gasteiger partial charge is 0.233 e. The van der Waals surface area contributed by atoms with Crippen LogP contribution in [0.15, 0.2) is 49.6 Å². The van der Waals surface area contributed by atoms with Crippen LogP contribution in [0.4, 0.5) is 0 Å². The molecule has 2 nitrogen and oxygen atoms in total. The van der Waals surface area contributed by atoms with E-state index in [1.165, 1.54) is 16.8 Å². The van der Waals surface area contributed by atoms with E-state index in [2.05, 4.69) is 80.3 Å². The summed E-state index contributed by atoms with van der Waals surface area (Å²) in [4.78, 5) is 0. The van der Waals surface area contributed by atoms with Crippen molar-refractivity contribution in [1.82, 2.24) is 4.57 Å². The normalized spacial score (nSPS) is 11.3. The van der Waals surface area contributed by atoms with Gasteiger partial charge in [0.2, 0.25) is 6.33 Å². The Morgan fingerprint density at radius 1 is 1.15 bits per heavy atom. The third kappa shape index (κ3) is 2.84. The van der Waals surface area contributed by atoms with E-state index < -0.39 is 0 Å². The highest BCUT2D eigenvalue weighted by atomic mass is 15.1. The average molecular weight is 269 g/mol. The summed E-state index contributed by atoms with van der Waals surface area (Å²) in [6, 6.07) is 6.66. The Morgan fingerprint density at radius 2 is 1.75 bits per heavy atom. The molecule has 0 spiro atoms. The second-order valence-corrected chi connectivity index (χ2v) is 5.90. The van der Waals surface area contributed by atoms with Crippen molar-refractivity contribution in [3.63, 3.8) is 0 Å². The molecule has 1 aromatic carbocycles. The molecule has 2 heteroatoms. The molecule has 0 amide bonds. The number of benzene rings is 1. The molecule has 1 aromatic heterocycles. The van der Waals surface area contributed by atoms with Gasteiger partial charge in [0, 0.05) is 11.1 Å². The minimum Gasteiger partial charge on any atom is -0.233 e. The van der Waals surface area contributed by atoms with Crippen molar-refractivity contribution in [2.45, 2.75) is 46.1 Å². The average Bonchev–Trinajstić information content (AvgIpc) is 2.86. The van der Waals surface area contributed by atoms with Gasteiger partial charge < -0.3 is 0 Å². The first-order valence-corrected chi connectivity index (χ1v) is 7.35. The van der Waals surface area contributed by atoms with Crippen LogP contribution in [-0.2, 0) is 6.54 Å². The quantitative estimate of drug-likeness (QED) is 0.568. The lowest BCUT2D eigenvalue weighted by Gasteiger charge is -2.16. The largest absolute Gasteiger partial charge is 0.249 e. The number of aromatic nitrogens is 2. The number of hydrogen-bond donors (Lipinski definition) is 0. The van der Waals surface area contributed by atoms with Gasteiger partial charge >= 0.3 is 0 Å². The first-order valence-electron chi connectivity index (χ1n) is 7.35. The number of rotatable bonds is 5. The third-order valence-corrected chi connectivity index (χ3v) is 3.63. The van der Waals surface area contributed by atoms with Crippen molar-refractivity contribution in [2.75, 3.05) is 0 Å². The molecule has 20 heavy (non-hydrogen) atoms. The fourth-order valence-electron chi connectivity index (χ4n) is 2.59. The topological polar surface area (TPSA) is 8.81 Å². The van der Waals surface area contributed by atoms with E-state index in [9.17, 15) is 0 Å². The van der Waals surface area contributed by atoms with Crippen molar-refractivity contribution >= 4 is 0 Å². The number of imidazole rings is 1. The summed E-state index contributed by atoms with van der Waals surface area (Å²) in [7, 11) is 0. The van der Waals surface area contributed by atoms with Crippen LogP contribution in [0.1, 0.15) is 50.7 Å². The van der Waals surface area contributed by atoms with Crippen molar-refractivity contribution in [3.05, 3.63) is 60.7 Å². The molecule has 0 fully saturated rings. The Hall–Kier alpha value is -1.83. The van der Waals surface area contributed by atoms with Gasteiger partial charge in [-0.05, 0) is 11.8 Å². The molecule has 0 saturated carbocycles. The highest BCUT2D eigenvalue weighted by Crippen LogP contribution is 2.30. The van der Waals surface area contributed by atoms with E-state index in [1.807, 2.05) is 6.08 Å². The summed E-state index contributed by atoms with van der Waals surface area (Å²) < 4.78 is 4.39. The Morgan fingerprint density at radius 3 is 2.25 bits per heavy atom. The molecule has 0 saturated heterocycles. The molecule has 2 rings (SSSR count). The summed E-state index contributed by atoms with van der Waals surface area (Å²) in [5, 5.41) is 0. The molecular weight excluding hydrogens is 244 g/mol. The maximum Gasteiger partial charge on any atom is 0.249 e. The van der Waals surface area contributed by atoms with E-state index >= 15 is 0 Å². The van der Waals surface area contributed by atoms with Gasteiger partial charge in [-0.3, -0.25) is 0 Å². The molecule has 106 valence electrons. The van der Waals surface area contributed by atoms with E-state index in [1.54, 1.807) is 0 Å².